The zero-order chi connectivity index (χ0) is 17.9. The molecule has 0 aromatic heterocycles. The number of carbonyl (C=O) groups excluding carboxylic acids is 3. The van der Waals surface area contributed by atoms with E-state index in [1.54, 1.807) is 4.90 Å². The second-order valence-electron chi connectivity index (χ2n) is 7.60. The van der Waals surface area contributed by atoms with E-state index in [0.717, 1.165) is 44.9 Å². The lowest BCUT2D eigenvalue weighted by Gasteiger charge is -2.49. The van der Waals surface area contributed by atoms with Gasteiger partial charge in [0.15, 0.2) is 0 Å². The highest BCUT2D eigenvalue weighted by molar-refractivity contribution is 8.00. The molecule has 3 rings (SSSR count). The van der Waals surface area contributed by atoms with Crippen molar-refractivity contribution in [3.63, 3.8) is 0 Å². The fourth-order valence-corrected chi connectivity index (χ4v) is 5.57. The molecule has 2 saturated carbocycles. The summed E-state index contributed by atoms with van der Waals surface area (Å²) in [6.45, 7) is 0. The fourth-order valence-electron chi connectivity index (χ4n) is 4.60. The van der Waals surface area contributed by atoms with Crippen molar-refractivity contribution in [3.8, 4) is 0 Å². The number of nitrogens with two attached hydrogens (primary N) is 1. The van der Waals surface area contributed by atoms with Gasteiger partial charge in [-0.1, -0.05) is 38.5 Å². The molecule has 140 valence electrons. The van der Waals surface area contributed by atoms with Crippen molar-refractivity contribution in [2.45, 2.75) is 81.8 Å². The maximum absolute atomic E-state index is 13.3. The predicted octanol–water partition coefficient (Wildman–Crippen LogP) is 1.57. The molecule has 2 aliphatic carbocycles. The molecule has 3 aliphatic rings. The first-order valence-electron chi connectivity index (χ1n) is 9.55. The highest BCUT2D eigenvalue weighted by Crippen LogP contribution is 2.38. The van der Waals surface area contributed by atoms with E-state index in [-0.39, 0.29) is 17.9 Å². The summed E-state index contributed by atoms with van der Waals surface area (Å²) < 4.78 is 0. The largest absolute Gasteiger partial charge is 0.368 e. The van der Waals surface area contributed by atoms with Crippen molar-refractivity contribution in [1.82, 2.24) is 10.2 Å². The van der Waals surface area contributed by atoms with Crippen LogP contribution < -0.4 is 11.1 Å². The third-order valence-electron chi connectivity index (χ3n) is 5.91. The van der Waals surface area contributed by atoms with Crippen molar-refractivity contribution in [2.24, 2.45) is 5.73 Å². The number of rotatable bonds is 4. The maximum Gasteiger partial charge on any atom is 0.246 e. The summed E-state index contributed by atoms with van der Waals surface area (Å²) >= 11 is 1.43. The molecule has 3 amide bonds. The van der Waals surface area contributed by atoms with Gasteiger partial charge in [0.2, 0.25) is 17.7 Å². The molecule has 7 heteroatoms. The van der Waals surface area contributed by atoms with Crippen LogP contribution in [0.2, 0.25) is 0 Å². The van der Waals surface area contributed by atoms with E-state index >= 15 is 0 Å². The number of carbonyl (C=O) groups is 3. The van der Waals surface area contributed by atoms with E-state index in [2.05, 4.69) is 5.32 Å². The van der Waals surface area contributed by atoms with Gasteiger partial charge < -0.3 is 16.0 Å². The van der Waals surface area contributed by atoms with Crippen LogP contribution in [0.4, 0.5) is 0 Å². The molecule has 25 heavy (non-hydrogen) atoms. The lowest BCUT2D eigenvalue weighted by atomic mass is 9.78. The quantitative estimate of drug-likeness (QED) is 0.789. The molecule has 0 spiro atoms. The van der Waals surface area contributed by atoms with E-state index in [1.165, 1.54) is 18.2 Å². The molecule has 3 N–H and O–H groups in total. The third kappa shape index (κ3) is 3.81. The molecule has 0 bridgehead atoms. The average Bonchev–Trinajstić information content (AvgIpc) is 2.62. The standard InChI is InChI=1S/C18H29N3O3S/c19-16(23)14-11-25-12-15(22)21(14)18(9-5-2-6-10-18)17(24)20-13-7-3-1-4-8-13/h13-14H,1-12H2,(H2,19,23)(H,20,24). The minimum Gasteiger partial charge on any atom is -0.368 e. The molecule has 1 heterocycles. The molecule has 1 aliphatic heterocycles. The first kappa shape index (κ1) is 18.5. The Balaban J connectivity index is 1.86. The van der Waals surface area contributed by atoms with Crippen molar-refractivity contribution in [1.29, 1.82) is 0 Å². The molecule has 1 unspecified atom stereocenters. The SMILES string of the molecule is NC(=O)C1CSCC(=O)N1C1(C(=O)NC2CCCCC2)CCCCC1. The lowest BCUT2D eigenvalue weighted by Crippen LogP contribution is -2.69. The number of thioether (sulfide) groups is 1. The Kier molecular flexibility index (Phi) is 5.92. The van der Waals surface area contributed by atoms with E-state index in [9.17, 15) is 14.4 Å². The van der Waals surface area contributed by atoms with Gasteiger partial charge in [0.25, 0.3) is 0 Å². The van der Waals surface area contributed by atoms with Crippen LogP contribution in [0.1, 0.15) is 64.2 Å². The van der Waals surface area contributed by atoms with Crippen molar-refractivity contribution < 1.29 is 14.4 Å². The monoisotopic (exact) mass is 367 g/mol. The van der Waals surface area contributed by atoms with Gasteiger partial charge in [-0.3, -0.25) is 14.4 Å². The van der Waals surface area contributed by atoms with E-state index < -0.39 is 17.5 Å². The normalized spacial score (nSPS) is 27.8. The van der Waals surface area contributed by atoms with Crippen LogP contribution in [0.3, 0.4) is 0 Å². The van der Waals surface area contributed by atoms with Crippen LogP contribution in [0.25, 0.3) is 0 Å². The number of nitrogens with zero attached hydrogens (tertiary/aromatic N) is 1. The minimum atomic E-state index is -0.895. The second kappa shape index (κ2) is 7.98. The van der Waals surface area contributed by atoms with Gasteiger partial charge in [-0.2, -0.15) is 0 Å². The maximum atomic E-state index is 13.3. The molecular weight excluding hydrogens is 338 g/mol. The predicted molar refractivity (Wildman–Crippen MR) is 98.0 cm³/mol. The van der Waals surface area contributed by atoms with Crippen molar-refractivity contribution >= 4 is 29.5 Å². The Morgan fingerprint density at radius 2 is 1.72 bits per heavy atom. The van der Waals surface area contributed by atoms with Crippen molar-refractivity contribution in [3.05, 3.63) is 0 Å². The average molecular weight is 368 g/mol. The molecule has 0 radical (unpaired) electrons. The Labute approximate surface area is 153 Å². The number of amides is 3. The van der Waals surface area contributed by atoms with Crippen LogP contribution in [0.5, 0.6) is 0 Å². The third-order valence-corrected chi connectivity index (χ3v) is 6.92. The minimum absolute atomic E-state index is 0.0643. The van der Waals surface area contributed by atoms with Crippen LogP contribution in [0, 0.1) is 0 Å². The summed E-state index contributed by atoms with van der Waals surface area (Å²) in [6.07, 6.45) is 9.65. The molecule has 0 aromatic carbocycles. The highest BCUT2D eigenvalue weighted by atomic mass is 32.2. The molecular formula is C18H29N3O3S. The van der Waals surface area contributed by atoms with E-state index in [4.69, 9.17) is 5.73 Å². The summed E-state index contributed by atoms with van der Waals surface area (Å²) in [5.41, 5.74) is 4.70. The smallest absolute Gasteiger partial charge is 0.246 e. The highest BCUT2D eigenvalue weighted by Gasteiger charge is 2.52. The van der Waals surface area contributed by atoms with Crippen molar-refractivity contribution in [2.75, 3.05) is 11.5 Å². The number of hydrogen-bond donors (Lipinski definition) is 2. The fraction of sp³-hybridized carbons (Fsp3) is 0.833. The summed E-state index contributed by atoms with van der Waals surface area (Å²) in [5.74, 6) is 0.115. The van der Waals surface area contributed by atoms with Gasteiger partial charge in [-0.05, 0) is 25.7 Å². The lowest BCUT2D eigenvalue weighted by molar-refractivity contribution is -0.155. The zero-order valence-electron chi connectivity index (χ0n) is 14.8. The van der Waals surface area contributed by atoms with Crippen LogP contribution in [0.15, 0.2) is 0 Å². The van der Waals surface area contributed by atoms with Gasteiger partial charge in [0, 0.05) is 11.8 Å². The van der Waals surface area contributed by atoms with E-state index in [0.29, 0.717) is 24.3 Å². The molecule has 1 atom stereocenters. The van der Waals surface area contributed by atoms with Gasteiger partial charge in [0.1, 0.15) is 11.6 Å². The van der Waals surface area contributed by atoms with Gasteiger partial charge >= 0.3 is 0 Å². The van der Waals surface area contributed by atoms with Crippen LogP contribution >= 0.6 is 11.8 Å². The summed E-state index contributed by atoms with van der Waals surface area (Å²) in [6, 6.07) is -0.484. The molecule has 3 fully saturated rings. The first-order chi connectivity index (χ1) is 12.0. The molecule has 6 nitrogen and oxygen atoms in total. The Morgan fingerprint density at radius 1 is 1.08 bits per heavy atom. The number of nitrogens with one attached hydrogen (secondary N) is 1. The molecule has 1 saturated heterocycles. The molecule has 0 aromatic rings. The Bertz CT molecular complexity index is 528. The second-order valence-corrected chi connectivity index (χ2v) is 8.63. The van der Waals surface area contributed by atoms with Gasteiger partial charge in [-0.15, -0.1) is 11.8 Å². The topological polar surface area (TPSA) is 92.5 Å². The Hall–Kier alpha value is -1.24. The first-order valence-corrected chi connectivity index (χ1v) is 10.7. The van der Waals surface area contributed by atoms with E-state index in [1.807, 2.05) is 0 Å². The number of primary amides is 1. The van der Waals surface area contributed by atoms with Gasteiger partial charge in [0.05, 0.1) is 5.75 Å². The Morgan fingerprint density at radius 3 is 2.36 bits per heavy atom. The zero-order valence-corrected chi connectivity index (χ0v) is 15.6. The van der Waals surface area contributed by atoms with Gasteiger partial charge in [-0.25, -0.2) is 0 Å². The van der Waals surface area contributed by atoms with Crippen LogP contribution in [-0.4, -0.2) is 51.7 Å². The van der Waals surface area contributed by atoms with Crippen LogP contribution in [-0.2, 0) is 14.4 Å². The summed E-state index contributed by atoms with van der Waals surface area (Å²) in [5, 5.41) is 3.21. The number of hydrogen-bond acceptors (Lipinski definition) is 4. The summed E-state index contributed by atoms with van der Waals surface area (Å²) in [7, 11) is 0. The summed E-state index contributed by atoms with van der Waals surface area (Å²) in [4.78, 5) is 39.6.